The van der Waals surface area contributed by atoms with E-state index in [1.54, 1.807) is 0 Å². The lowest BCUT2D eigenvalue weighted by atomic mass is 10.2. The van der Waals surface area contributed by atoms with Gasteiger partial charge in [0.1, 0.15) is 5.75 Å². The van der Waals surface area contributed by atoms with Crippen LogP contribution >= 0.6 is 0 Å². The third kappa shape index (κ3) is 3.17. The maximum Gasteiger partial charge on any atom is 0.119 e. The Morgan fingerprint density at radius 3 is 2.44 bits per heavy atom. The predicted octanol–water partition coefficient (Wildman–Crippen LogP) is 3.28. The van der Waals surface area contributed by atoms with Crippen LogP contribution in [0.2, 0.25) is 0 Å². The van der Waals surface area contributed by atoms with Gasteiger partial charge in [-0.05, 0) is 36.8 Å². The summed E-state index contributed by atoms with van der Waals surface area (Å²) in [4.78, 5) is 0. The van der Waals surface area contributed by atoms with Crippen molar-refractivity contribution in [1.82, 2.24) is 0 Å². The molecule has 0 heterocycles. The average Bonchev–Trinajstić information content (AvgIpc) is 2.40. The smallest absolute Gasteiger partial charge is 0.119 e. The molecule has 3 N–H and O–H groups in total. The topological polar surface area (TPSA) is 47.3 Å². The van der Waals surface area contributed by atoms with E-state index in [2.05, 4.69) is 17.4 Å². The number of ether oxygens (including phenoxy) is 1. The minimum absolute atomic E-state index is 0.693. The van der Waals surface area contributed by atoms with E-state index >= 15 is 0 Å². The minimum Gasteiger partial charge on any atom is -0.494 e. The number of hydrogen-bond donors (Lipinski definition) is 2. The second-order valence-corrected chi connectivity index (χ2v) is 4.02. The number of nitrogens with one attached hydrogen (secondary N) is 1. The fourth-order valence-corrected chi connectivity index (χ4v) is 1.73. The molecule has 18 heavy (non-hydrogen) atoms. The van der Waals surface area contributed by atoms with Crippen molar-refractivity contribution in [3.05, 3.63) is 54.1 Å². The molecule has 0 aliphatic rings. The molecule has 0 spiro atoms. The first kappa shape index (κ1) is 12.3. The molecular formula is C15H18N2O. The summed E-state index contributed by atoms with van der Waals surface area (Å²) in [7, 11) is 0. The zero-order valence-corrected chi connectivity index (χ0v) is 10.5. The van der Waals surface area contributed by atoms with Gasteiger partial charge in [0, 0.05) is 6.54 Å². The zero-order chi connectivity index (χ0) is 12.8. The van der Waals surface area contributed by atoms with E-state index in [1.165, 1.54) is 5.56 Å². The van der Waals surface area contributed by atoms with Crippen molar-refractivity contribution < 1.29 is 4.74 Å². The number of para-hydroxylation sites is 2. The molecule has 2 aromatic carbocycles. The van der Waals surface area contributed by atoms with Gasteiger partial charge in [-0.3, -0.25) is 0 Å². The van der Waals surface area contributed by atoms with Gasteiger partial charge >= 0.3 is 0 Å². The van der Waals surface area contributed by atoms with Crippen molar-refractivity contribution in [2.24, 2.45) is 0 Å². The van der Waals surface area contributed by atoms with Crippen LogP contribution in [0.4, 0.5) is 11.4 Å². The quantitative estimate of drug-likeness (QED) is 0.791. The predicted molar refractivity (Wildman–Crippen MR) is 75.8 cm³/mol. The molecule has 2 rings (SSSR count). The molecule has 0 aliphatic carbocycles. The van der Waals surface area contributed by atoms with Gasteiger partial charge in [0.25, 0.3) is 0 Å². The highest BCUT2D eigenvalue weighted by Gasteiger charge is 1.98. The Kier molecular flexibility index (Phi) is 4.07. The van der Waals surface area contributed by atoms with Gasteiger partial charge in [-0.15, -0.1) is 0 Å². The SMILES string of the molecule is CCOc1ccc(CNc2ccccc2N)cc1. The first-order chi connectivity index (χ1) is 8.79. The van der Waals surface area contributed by atoms with Crippen LogP contribution < -0.4 is 15.8 Å². The third-order valence-corrected chi connectivity index (χ3v) is 2.68. The van der Waals surface area contributed by atoms with E-state index in [9.17, 15) is 0 Å². The summed E-state index contributed by atoms with van der Waals surface area (Å²) < 4.78 is 5.40. The Labute approximate surface area is 108 Å². The van der Waals surface area contributed by atoms with Crippen molar-refractivity contribution in [2.45, 2.75) is 13.5 Å². The molecule has 0 aromatic heterocycles. The fraction of sp³-hybridized carbons (Fsp3) is 0.200. The van der Waals surface area contributed by atoms with Gasteiger partial charge in [-0.2, -0.15) is 0 Å². The van der Waals surface area contributed by atoms with E-state index in [1.807, 2.05) is 43.3 Å². The molecule has 0 unspecified atom stereocenters. The lowest BCUT2D eigenvalue weighted by Gasteiger charge is -2.09. The van der Waals surface area contributed by atoms with Crippen molar-refractivity contribution in [2.75, 3.05) is 17.7 Å². The summed E-state index contributed by atoms with van der Waals surface area (Å²) in [6.45, 7) is 3.42. The molecule has 0 atom stereocenters. The summed E-state index contributed by atoms with van der Waals surface area (Å²) in [6, 6.07) is 15.8. The van der Waals surface area contributed by atoms with Crippen LogP contribution in [0.5, 0.6) is 5.75 Å². The summed E-state index contributed by atoms with van der Waals surface area (Å²) in [5.41, 5.74) is 8.79. The molecule has 0 fully saturated rings. The lowest BCUT2D eigenvalue weighted by molar-refractivity contribution is 0.340. The maximum absolute atomic E-state index is 5.87. The first-order valence-corrected chi connectivity index (χ1v) is 6.09. The van der Waals surface area contributed by atoms with Gasteiger partial charge in [-0.25, -0.2) is 0 Å². The normalized spacial score (nSPS) is 10.1. The number of nitrogens with two attached hydrogens (primary N) is 1. The Hall–Kier alpha value is -2.16. The largest absolute Gasteiger partial charge is 0.494 e. The van der Waals surface area contributed by atoms with E-state index < -0.39 is 0 Å². The summed E-state index contributed by atoms with van der Waals surface area (Å²) >= 11 is 0. The number of anilines is 2. The van der Waals surface area contributed by atoms with Crippen LogP contribution in [0.15, 0.2) is 48.5 Å². The van der Waals surface area contributed by atoms with Crippen LogP contribution in [0.3, 0.4) is 0 Å². The lowest BCUT2D eigenvalue weighted by Crippen LogP contribution is -2.02. The summed E-state index contributed by atoms with van der Waals surface area (Å²) in [5.74, 6) is 0.903. The molecule has 3 nitrogen and oxygen atoms in total. The Morgan fingerprint density at radius 1 is 1.06 bits per heavy atom. The zero-order valence-electron chi connectivity index (χ0n) is 10.5. The second-order valence-electron chi connectivity index (χ2n) is 4.02. The van der Waals surface area contributed by atoms with Crippen molar-refractivity contribution in [1.29, 1.82) is 0 Å². The molecule has 94 valence electrons. The van der Waals surface area contributed by atoms with Gasteiger partial charge in [0.2, 0.25) is 0 Å². The molecule has 0 aliphatic heterocycles. The Balaban J connectivity index is 1.96. The second kappa shape index (κ2) is 5.96. The highest BCUT2D eigenvalue weighted by molar-refractivity contribution is 5.65. The van der Waals surface area contributed by atoms with Crippen LogP contribution in [0.1, 0.15) is 12.5 Å². The van der Waals surface area contributed by atoms with Crippen molar-refractivity contribution >= 4 is 11.4 Å². The van der Waals surface area contributed by atoms with Gasteiger partial charge in [-0.1, -0.05) is 24.3 Å². The van der Waals surface area contributed by atoms with Crippen LogP contribution in [-0.4, -0.2) is 6.61 Å². The molecular weight excluding hydrogens is 224 g/mol. The van der Waals surface area contributed by atoms with Crippen LogP contribution in [0.25, 0.3) is 0 Å². The van der Waals surface area contributed by atoms with Gasteiger partial charge < -0.3 is 15.8 Å². The van der Waals surface area contributed by atoms with Crippen molar-refractivity contribution in [3.8, 4) is 5.75 Å². The van der Waals surface area contributed by atoms with Gasteiger partial charge in [0.05, 0.1) is 18.0 Å². The molecule has 0 radical (unpaired) electrons. The highest BCUT2D eigenvalue weighted by atomic mass is 16.5. The summed E-state index contributed by atoms with van der Waals surface area (Å²) in [5, 5.41) is 3.31. The monoisotopic (exact) mass is 242 g/mol. The average molecular weight is 242 g/mol. The molecule has 0 amide bonds. The Morgan fingerprint density at radius 2 is 1.78 bits per heavy atom. The van der Waals surface area contributed by atoms with E-state index in [4.69, 9.17) is 10.5 Å². The number of benzene rings is 2. The molecule has 2 aromatic rings. The van der Waals surface area contributed by atoms with Crippen molar-refractivity contribution in [3.63, 3.8) is 0 Å². The number of nitrogen functional groups attached to an aromatic ring is 1. The molecule has 0 bridgehead atoms. The molecule has 0 saturated carbocycles. The number of hydrogen-bond acceptors (Lipinski definition) is 3. The number of rotatable bonds is 5. The van der Waals surface area contributed by atoms with Crippen LogP contribution in [0, 0.1) is 0 Å². The van der Waals surface area contributed by atoms with E-state index in [-0.39, 0.29) is 0 Å². The van der Waals surface area contributed by atoms with Gasteiger partial charge in [0.15, 0.2) is 0 Å². The Bertz CT molecular complexity index is 494. The maximum atomic E-state index is 5.87. The van der Waals surface area contributed by atoms with E-state index in [0.717, 1.165) is 23.7 Å². The fourth-order valence-electron chi connectivity index (χ4n) is 1.73. The highest BCUT2D eigenvalue weighted by Crippen LogP contribution is 2.18. The van der Waals surface area contributed by atoms with Crippen LogP contribution in [-0.2, 0) is 6.54 Å². The van der Waals surface area contributed by atoms with E-state index in [0.29, 0.717) is 6.61 Å². The third-order valence-electron chi connectivity index (χ3n) is 2.68. The molecule has 0 saturated heterocycles. The minimum atomic E-state index is 0.693. The molecule has 3 heteroatoms. The first-order valence-electron chi connectivity index (χ1n) is 6.09. The summed E-state index contributed by atoms with van der Waals surface area (Å²) in [6.07, 6.45) is 0. The standard InChI is InChI=1S/C15H18N2O/c1-2-18-13-9-7-12(8-10-13)11-17-15-6-4-3-5-14(15)16/h3-10,17H,2,11,16H2,1H3.